The predicted molar refractivity (Wildman–Crippen MR) is 78.5 cm³/mol. The first-order valence-corrected chi connectivity index (χ1v) is 7.36. The van der Waals surface area contributed by atoms with Crippen LogP contribution in [0.3, 0.4) is 0 Å². The topological polar surface area (TPSA) is 47.0 Å². The Hall–Kier alpha value is -1.16. The summed E-state index contributed by atoms with van der Waals surface area (Å²) in [6.07, 6.45) is 8.06. The summed E-state index contributed by atoms with van der Waals surface area (Å²) in [4.78, 5) is 8.73. The quantitative estimate of drug-likeness (QED) is 0.745. The van der Waals surface area contributed by atoms with Gasteiger partial charge in [-0.1, -0.05) is 20.3 Å². The number of ether oxygens (including phenoxy) is 1. The van der Waals surface area contributed by atoms with E-state index in [1.807, 2.05) is 20.0 Å². The van der Waals surface area contributed by atoms with Gasteiger partial charge in [-0.25, -0.2) is 4.98 Å². The molecule has 0 radical (unpaired) electrons. The standard InChI is InChI=1S/C15H27N3O/c1-5-7-13(17-8-6-2)9-14-10-16-11-15(18-14)19-12(3)4/h10-13,17H,5-9H2,1-4H3. The van der Waals surface area contributed by atoms with Crippen LogP contribution in [0.4, 0.5) is 0 Å². The molecule has 0 saturated carbocycles. The first-order chi connectivity index (χ1) is 9.15. The molecule has 4 heteroatoms. The van der Waals surface area contributed by atoms with Crippen molar-refractivity contribution in [2.24, 2.45) is 0 Å². The van der Waals surface area contributed by atoms with Crippen LogP contribution in [0.25, 0.3) is 0 Å². The lowest BCUT2D eigenvalue weighted by atomic mass is 10.1. The molecule has 0 aliphatic heterocycles. The van der Waals surface area contributed by atoms with Gasteiger partial charge >= 0.3 is 0 Å². The molecule has 1 aromatic heterocycles. The van der Waals surface area contributed by atoms with Gasteiger partial charge in [0.15, 0.2) is 0 Å². The lowest BCUT2D eigenvalue weighted by Crippen LogP contribution is -2.32. The van der Waals surface area contributed by atoms with Gasteiger partial charge < -0.3 is 10.1 Å². The Balaban J connectivity index is 2.61. The highest BCUT2D eigenvalue weighted by Gasteiger charge is 2.10. The SMILES string of the molecule is CCCNC(CCC)Cc1cncc(OC(C)C)n1. The van der Waals surface area contributed by atoms with Gasteiger partial charge in [0.25, 0.3) is 0 Å². The van der Waals surface area contributed by atoms with Crippen LogP contribution in [0.2, 0.25) is 0 Å². The summed E-state index contributed by atoms with van der Waals surface area (Å²) in [6.45, 7) is 9.45. The smallest absolute Gasteiger partial charge is 0.232 e. The van der Waals surface area contributed by atoms with Crippen LogP contribution in [0.15, 0.2) is 12.4 Å². The molecule has 1 aromatic rings. The lowest BCUT2D eigenvalue weighted by Gasteiger charge is -2.17. The summed E-state index contributed by atoms with van der Waals surface area (Å²) in [6, 6.07) is 0.480. The second-order valence-electron chi connectivity index (χ2n) is 5.16. The van der Waals surface area contributed by atoms with E-state index in [0.717, 1.165) is 31.5 Å². The maximum Gasteiger partial charge on any atom is 0.232 e. The molecule has 0 aliphatic rings. The lowest BCUT2D eigenvalue weighted by molar-refractivity contribution is 0.230. The van der Waals surface area contributed by atoms with E-state index in [1.54, 1.807) is 6.20 Å². The molecule has 0 bridgehead atoms. The van der Waals surface area contributed by atoms with Gasteiger partial charge in [-0.15, -0.1) is 0 Å². The van der Waals surface area contributed by atoms with E-state index in [0.29, 0.717) is 11.9 Å². The molecule has 1 rings (SSSR count). The highest BCUT2D eigenvalue weighted by atomic mass is 16.5. The average Bonchev–Trinajstić information content (AvgIpc) is 2.36. The van der Waals surface area contributed by atoms with E-state index in [1.165, 1.54) is 6.42 Å². The highest BCUT2D eigenvalue weighted by molar-refractivity contribution is 5.09. The van der Waals surface area contributed by atoms with Crippen molar-refractivity contribution in [2.45, 2.75) is 65.5 Å². The van der Waals surface area contributed by atoms with Crippen LogP contribution in [0, 0.1) is 0 Å². The second-order valence-corrected chi connectivity index (χ2v) is 5.16. The van der Waals surface area contributed by atoms with Crippen molar-refractivity contribution in [3.8, 4) is 5.88 Å². The van der Waals surface area contributed by atoms with E-state index < -0.39 is 0 Å². The van der Waals surface area contributed by atoms with Crippen molar-refractivity contribution < 1.29 is 4.74 Å². The highest BCUT2D eigenvalue weighted by Crippen LogP contribution is 2.10. The Morgan fingerprint density at radius 2 is 2.00 bits per heavy atom. The minimum absolute atomic E-state index is 0.134. The monoisotopic (exact) mass is 265 g/mol. The number of nitrogens with one attached hydrogen (secondary N) is 1. The van der Waals surface area contributed by atoms with Gasteiger partial charge in [-0.05, 0) is 33.2 Å². The van der Waals surface area contributed by atoms with Gasteiger partial charge in [0.05, 0.1) is 18.0 Å². The van der Waals surface area contributed by atoms with Crippen molar-refractivity contribution in [2.75, 3.05) is 6.54 Å². The molecule has 1 atom stereocenters. The maximum absolute atomic E-state index is 5.58. The van der Waals surface area contributed by atoms with Crippen molar-refractivity contribution in [3.05, 3.63) is 18.1 Å². The summed E-state index contributed by atoms with van der Waals surface area (Å²) in [5, 5.41) is 3.57. The minimum atomic E-state index is 0.134. The van der Waals surface area contributed by atoms with Gasteiger partial charge in [0.1, 0.15) is 0 Å². The fourth-order valence-electron chi connectivity index (χ4n) is 2.01. The van der Waals surface area contributed by atoms with Crippen LogP contribution in [0.5, 0.6) is 5.88 Å². The number of rotatable bonds is 9. The first-order valence-electron chi connectivity index (χ1n) is 7.36. The summed E-state index contributed by atoms with van der Waals surface area (Å²) < 4.78 is 5.58. The average molecular weight is 265 g/mol. The summed E-state index contributed by atoms with van der Waals surface area (Å²) in [5.41, 5.74) is 1.00. The maximum atomic E-state index is 5.58. The van der Waals surface area contributed by atoms with E-state index >= 15 is 0 Å². The molecule has 108 valence electrons. The second kappa shape index (κ2) is 8.86. The third-order valence-corrected chi connectivity index (χ3v) is 2.79. The van der Waals surface area contributed by atoms with Gasteiger partial charge in [-0.3, -0.25) is 4.98 Å². The Morgan fingerprint density at radius 1 is 1.21 bits per heavy atom. The molecule has 0 saturated heterocycles. The Morgan fingerprint density at radius 3 is 2.63 bits per heavy atom. The number of nitrogens with zero attached hydrogens (tertiary/aromatic N) is 2. The van der Waals surface area contributed by atoms with Crippen LogP contribution >= 0.6 is 0 Å². The van der Waals surface area contributed by atoms with Gasteiger partial charge in [-0.2, -0.15) is 0 Å². The van der Waals surface area contributed by atoms with Crippen molar-refractivity contribution >= 4 is 0 Å². The van der Waals surface area contributed by atoms with Crippen LogP contribution in [-0.4, -0.2) is 28.7 Å². The number of hydrogen-bond donors (Lipinski definition) is 1. The van der Waals surface area contributed by atoms with E-state index in [4.69, 9.17) is 4.74 Å². The molecule has 0 spiro atoms. The Kier molecular flexibility index (Phi) is 7.41. The zero-order valence-corrected chi connectivity index (χ0v) is 12.6. The fourth-order valence-corrected chi connectivity index (χ4v) is 2.01. The molecule has 1 heterocycles. The Bertz CT molecular complexity index is 355. The van der Waals surface area contributed by atoms with Crippen LogP contribution in [-0.2, 0) is 6.42 Å². The molecule has 19 heavy (non-hydrogen) atoms. The molecular weight excluding hydrogens is 238 g/mol. The number of aromatic nitrogens is 2. The first kappa shape index (κ1) is 15.9. The summed E-state index contributed by atoms with van der Waals surface area (Å²) >= 11 is 0. The molecule has 0 aliphatic carbocycles. The molecule has 0 aromatic carbocycles. The van der Waals surface area contributed by atoms with Gasteiger partial charge in [0.2, 0.25) is 5.88 Å². The largest absolute Gasteiger partial charge is 0.474 e. The summed E-state index contributed by atoms with van der Waals surface area (Å²) in [5.74, 6) is 0.623. The van der Waals surface area contributed by atoms with Gasteiger partial charge in [0, 0.05) is 18.7 Å². The third-order valence-electron chi connectivity index (χ3n) is 2.79. The fraction of sp³-hybridized carbons (Fsp3) is 0.733. The normalized spacial score (nSPS) is 12.7. The zero-order chi connectivity index (χ0) is 14.1. The van der Waals surface area contributed by atoms with Crippen molar-refractivity contribution in [1.82, 2.24) is 15.3 Å². The zero-order valence-electron chi connectivity index (χ0n) is 12.6. The van der Waals surface area contributed by atoms with Crippen LogP contribution < -0.4 is 10.1 Å². The minimum Gasteiger partial charge on any atom is -0.474 e. The molecule has 4 nitrogen and oxygen atoms in total. The third kappa shape index (κ3) is 6.53. The van der Waals surface area contributed by atoms with E-state index in [2.05, 4.69) is 29.1 Å². The molecule has 1 N–H and O–H groups in total. The van der Waals surface area contributed by atoms with E-state index in [9.17, 15) is 0 Å². The molecule has 1 unspecified atom stereocenters. The molecule has 0 amide bonds. The van der Waals surface area contributed by atoms with Crippen molar-refractivity contribution in [3.63, 3.8) is 0 Å². The summed E-state index contributed by atoms with van der Waals surface area (Å²) in [7, 11) is 0. The Labute approximate surface area is 117 Å². The predicted octanol–water partition coefficient (Wildman–Crippen LogP) is 2.97. The number of hydrogen-bond acceptors (Lipinski definition) is 4. The molecular formula is C15H27N3O. The molecule has 0 fully saturated rings. The van der Waals surface area contributed by atoms with Crippen LogP contribution in [0.1, 0.15) is 52.7 Å². The van der Waals surface area contributed by atoms with E-state index in [-0.39, 0.29) is 6.10 Å². The van der Waals surface area contributed by atoms with Crippen molar-refractivity contribution in [1.29, 1.82) is 0 Å².